The highest BCUT2D eigenvalue weighted by atomic mass is 16.5. The smallest absolute Gasteiger partial charge is 0.140 e. The van der Waals surface area contributed by atoms with Gasteiger partial charge in [-0.15, -0.1) is 0 Å². The Labute approximate surface area is 88.1 Å². The second kappa shape index (κ2) is 4.00. The fourth-order valence-corrected chi connectivity index (χ4v) is 1.68. The van der Waals surface area contributed by atoms with Crippen LogP contribution >= 0.6 is 0 Å². The molecular formula is C11H14N2O2. The number of aliphatic hydroxyl groups is 1. The van der Waals surface area contributed by atoms with E-state index < -0.39 is 6.10 Å². The van der Waals surface area contributed by atoms with Gasteiger partial charge < -0.3 is 14.4 Å². The lowest BCUT2D eigenvalue weighted by molar-refractivity contribution is 0.116. The monoisotopic (exact) mass is 206 g/mol. The molecule has 1 aromatic carbocycles. The topological polar surface area (TPSA) is 47.3 Å². The zero-order valence-electron chi connectivity index (χ0n) is 8.84. The van der Waals surface area contributed by atoms with Crippen molar-refractivity contribution in [2.45, 2.75) is 19.8 Å². The first-order chi connectivity index (χ1) is 7.24. The van der Waals surface area contributed by atoms with E-state index in [2.05, 4.69) is 4.98 Å². The quantitative estimate of drug-likeness (QED) is 0.831. The highest BCUT2D eigenvalue weighted by molar-refractivity contribution is 5.75. The molecule has 1 aromatic heterocycles. The van der Waals surface area contributed by atoms with Crippen molar-refractivity contribution in [3.63, 3.8) is 0 Å². The molecule has 0 unspecified atom stereocenters. The lowest BCUT2D eigenvalue weighted by Crippen LogP contribution is -2.07. The van der Waals surface area contributed by atoms with Crippen LogP contribution in [0, 0.1) is 0 Å². The number of methoxy groups -OCH3 is 1. The average molecular weight is 206 g/mol. The Kier molecular flexibility index (Phi) is 2.70. The third-order valence-electron chi connectivity index (χ3n) is 2.32. The number of para-hydroxylation sites is 2. The number of imidazole rings is 1. The van der Waals surface area contributed by atoms with Crippen LogP contribution in [0.3, 0.4) is 0 Å². The third kappa shape index (κ3) is 1.73. The Morgan fingerprint density at radius 3 is 2.87 bits per heavy atom. The van der Waals surface area contributed by atoms with Gasteiger partial charge in [-0.3, -0.25) is 0 Å². The number of fused-ring (bicyclic) bond motifs is 1. The van der Waals surface area contributed by atoms with Crippen LogP contribution in [-0.2, 0) is 11.5 Å². The van der Waals surface area contributed by atoms with Gasteiger partial charge in [0.2, 0.25) is 0 Å². The fourth-order valence-electron chi connectivity index (χ4n) is 1.68. The Hall–Kier alpha value is -1.39. The van der Waals surface area contributed by atoms with Crippen LogP contribution in [0.5, 0.6) is 0 Å². The first-order valence-corrected chi connectivity index (χ1v) is 4.86. The predicted octanol–water partition coefficient (Wildman–Crippen LogP) is 1.69. The molecule has 0 saturated carbocycles. The summed E-state index contributed by atoms with van der Waals surface area (Å²) in [6, 6.07) is 7.76. The van der Waals surface area contributed by atoms with Gasteiger partial charge in [0.1, 0.15) is 18.7 Å². The maximum Gasteiger partial charge on any atom is 0.140 e. The summed E-state index contributed by atoms with van der Waals surface area (Å²) in [5.74, 6) is 0.637. The number of hydrogen-bond acceptors (Lipinski definition) is 3. The molecule has 0 bridgehead atoms. The molecule has 80 valence electrons. The lowest BCUT2D eigenvalue weighted by Gasteiger charge is -2.09. The van der Waals surface area contributed by atoms with Crippen molar-refractivity contribution in [2.24, 2.45) is 0 Å². The molecule has 0 aliphatic heterocycles. The van der Waals surface area contributed by atoms with Crippen molar-refractivity contribution in [3.8, 4) is 0 Å². The summed E-state index contributed by atoms with van der Waals surface area (Å²) in [5, 5.41) is 9.59. The lowest BCUT2D eigenvalue weighted by atomic mass is 10.3. The van der Waals surface area contributed by atoms with Gasteiger partial charge in [-0.25, -0.2) is 4.98 Å². The van der Waals surface area contributed by atoms with E-state index in [9.17, 15) is 5.11 Å². The standard InChI is InChI=1S/C11H14N2O2/c1-8(14)11-12-9-5-3-4-6-10(9)13(11)7-15-2/h3-6,8,14H,7H2,1-2H3/t8-/m1/s1. The molecule has 0 radical (unpaired) electrons. The molecule has 2 aromatic rings. The van der Waals surface area contributed by atoms with Gasteiger partial charge in [0.25, 0.3) is 0 Å². The van der Waals surface area contributed by atoms with Crippen molar-refractivity contribution in [3.05, 3.63) is 30.1 Å². The minimum atomic E-state index is -0.590. The highest BCUT2D eigenvalue weighted by Crippen LogP contribution is 2.20. The molecule has 0 aliphatic rings. The highest BCUT2D eigenvalue weighted by Gasteiger charge is 2.13. The normalized spacial score (nSPS) is 13.3. The van der Waals surface area contributed by atoms with Crippen molar-refractivity contribution in [2.75, 3.05) is 7.11 Å². The molecule has 0 aliphatic carbocycles. The Balaban J connectivity index is 2.63. The molecule has 4 nitrogen and oxygen atoms in total. The molecule has 0 amide bonds. The van der Waals surface area contributed by atoms with Gasteiger partial charge in [-0.1, -0.05) is 12.1 Å². The second-order valence-electron chi connectivity index (χ2n) is 3.48. The van der Waals surface area contributed by atoms with E-state index in [0.717, 1.165) is 11.0 Å². The van der Waals surface area contributed by atoms with Crippen LogP contribution in [0.25, 0.3) is 11.0 Å². The van der Waals surface area contributed by atoms with Crippen LogP contribution in [0.2, 0.25) is 0 Å². The van der Waals surface area contributed by atoms with Crippen molar-refractivity contribution >= 4 is 11.0 Å². The number of rotatable bonds is 3. The van der Waals surface area contributed by atoms with Crippen LogP contribution in [0.1, 0.15) is 18.9 Å². The molecule has 0 saturated heterocycles. The minimum Gasteiger partial charge on any atom is -0.385 e. The van der Waals surface area contributed by atoms with Crippen LogP contribution in [-0.4, -0.2) is 21.8 Å². The number of aliphatic hydroxyl groups excluding tert-OH is 1. The number of benzene rings is 1. The second-order valence-corrected chi connectivity index (χ2v) is 3.48. The predicted molar refractivity (Wildman–Crippen MR) is 57.4 cm³/mol. The van der Waals surface area contributed by atoms with Crippen LogP contribution < -0.4 is 0 Å². The van der Waals surface area contributed by atoms with Gasteiger partial charge in [0.15, 0.2) is 0 Å². The summed E-state index contributed by atoms with van der Waals surface area (Å²) in [6.45, 7) is 2.11. The largest absolute Gasteiger partial charge is 0.385 e. The summed E-state index contributed by atoms with van der Waals surface area (Å²) in [7, 11) is 1.63. The fraction of sp³-hybridized carbons (Fsp3) is 0.364. The van der Waals surface area contributed by atoms with E-state index in [1.54, 1.807) is 14.0 Å². The van der Waals surface area contributed by atoms with Gasteiger partial charge in [-0.2, -0.15) is 0 Å². The summed E-state index contributed by atoms with van der Waals surface area (Å²) >= 11 is 0. The Morgan fingerprint density at radius 1 is 1.47 bits per heavy atom. The van der Waals surface area contributed by atoms with Gasteiger partial charge in [0.05, 0.1) is 11.0 Å². The van der Waals surface area contributed by atoms with Gasteiger partial charge >= 0.3 is 0 Å². The summed E-state index contributed by atoms with van der Waals surface area (Å²) < 4.78 is 6.97. The van der Waals surface area contributed by atoms with E-state index in [1.165, 1.54) is 0 Å². The molecule has 1 atom stereocenters. The first kappa shape index (κ1) is 10.1. The summed E-state index contributed by atoms with van der Waals surface area (Å²) in [5.41, 5.74) is 1.86. The Bertz CT molecular complexity index is 463. The van der Waals surface area contributed by atoms with E-state index in [-0.39, 0.29) is 0 Å². The number of aromatic nitrogens is 2. The van der Waals surface area contributed by atoms with E-state index in [0.29, 0.717) is 12.6 Å². The SMILES string of the molecule is COCn1c([C@@H](C)O)nc2ccccc21. The molecule has 1 N–H and O–H groups in total. The van der Waals surface area contributed by atoms with E-state index in [4.69, 9.17) is 4.74 Å². The minimum absolute atomic E-state index is 0.404. The third-order valence-corrected chi connectivity index (χ3v) is 2.32. The van der Waals surface area contributed by atoms with E-state index in [1.807, 2.05) is 28.8 Å². The van der Waals surface area contributed by atoms with Crippen molar-refractivity contribution in [1.29, 1.82) is 0 Å². The summed E-state index contributed by atoms with van der Waals surface area (Å²) in [6.07, 6.45) is -0.590. The number of nitrogens with zero attached hydrogens (tertiary/aromatic N) is 2. The molecule has 4 heteroatoms. The summed E-state index contributed by atoms with van der Waals surface area (Å²) in [4.78, 5) is 4.36. The maximum absolute atomic E-state index is 9.59. The van der Waals surface area contributed by atoms with E-state index >= 15 is 0 Å². The van der Waals surface area contributed by atoms with Gasteiger partial charge in [-0.05, 0) is 19.1 Å². The molecule has 0 spiro atoms. The molecule has 2 rings (SSSR count). The van der Waals surface area contributed by atoms with Crippen molar-refractivity contribution < 1.29 is 9.84 Å². The maximum atomic E-state index is 9.59. The molecule has 0 fully saturated rings. The van der Waals surface area contributed by atoms with Crippen LogP contribution in [0.15, 0.2) is 24.3 Å². The molecular weight excluding hydrogens is 192 g/mol. The van der Waals surface area contributed by atoms with Crippen molar-refractivity contribution in [1.82, 2.24) is 9.55 Å². The Morgan fingerprint density at radius 2 is 2.20 bits per heavy atom. The average Bonchev–Trinajstić information content (AvgIpc) is 2.58. The zero-order chi connectivity index (χ0) is 10.8. The zero-order valence-corrected chi connectivity index (χ0v) is 8.84. The number of hydrogen-bond donors (Lipinski definition) is 1. The van der Waals surface area contributed by atoms with Gasteiger partial charge in [0, 0.05) is 7.11 Å². The number of ether oxygens (including phenoxy) is 1. The molecule has 1 heterocycles. The molecule has 15 heavy (non-hydrogen) atoms. The first-order valence-electron chi connectivity index (χ1n) is 4.86. The van der Waals surface area contributed by atoms with Crippen LogP contribution in [0.4, 0.5) is 0 Å².